The van der Waals surface area contributed by atoms with Crippen LogP contribution in [0.25, 0.3) is 0 Å². The van der Waals surface area contributed by atoms with Gasteiger partial charge in [0.2, 0.25) is 5.91 Å². The molecule has 0 aliphatic rings. The van der Waals surface area contributed by atoms with Crippen molar-refractivity contribution >= 4 is 11.6 Å². The minimum absolute atomic E-state index is 0.114. The van der Waals surface area contributed by atoms with E-state index in [0.717, 1.165) is 25.7 Å². The van der Waals surface area contributed by atoms with Gasteiger partial charge in [-0.25, -0.2) is 4.39 Å². The van der Waals surface area contributed by atoms with Crippen molar-refractivity contribution in [3.05, 3.63) is 24.0 Å². The zero-order chi connectivity index (χ0) is 13.5. The predicted molar refractivity (Wildman–Crippen MR) is 70.2 cm³/mol. The molecule has 18 heavy (non-hydrogen) atoms. The third kappa shape index (κ3) is 4.02. The van der Waals surface area contributed by atoms with E-state index in [1.807, 2.05) is 0 Å². The van der Waals surface area contributed by atoms with E-state index < -0.39 is 11.6 Å². The molecule has 0 aliphatic carbocycles. The molecule has 3 nitrogen and oxygen atoms in total. The van der Waals surface area contributed by atoms with Crippen molar-refractivity contribution in [1.29, 1.82) is 0 Å². The smallest absolute Gasteiger partial charge is 0.223 e. The molecular formula is C14H20FNO2. The van der Waals surface area contributed by atoms with E-state index in [1.165, 1.54) is 24.0 Å². The van der Waals surface area contributed by atoms with E-state index >= 15 is 0 Å². The Kier molecular flexibility index (Phi) is 5.62. The maximum atomic E-state index is 13.3. The largest absolute Gasteiger partial charge is 0.505 e. The van der Waals surface area contributed by atoms with Crippen molar-refractivity contribution in [3.63, 3.8) is 0 Å². The van der Waals surface area contributed by atoms with Gasteiger partial charge in [-0.1, -0.05) is 26.2 Å². The molecule has 0 atom stereocenters. The van der Waals surface area contributed by atoms with Crippen LogP contribution in [-0.4, -0.2) is 17.6 Å². The lowest BCUT2D eigenvalue weighted by Gasteiger charge is -2.21. The molecule has 100 valence electrons. The van der Waals surface area contributed by atoms with Gasteiger partial charge in [0.05, 0.1) is 0 Å². The van der Waals surface area contributed by atoms with Gasteiger partial charge in [-0.3, -0.25) is 4.79 Å². The monoisotopic (exact) mass is 253 g/mol. The van der Waals surface area contributed by atoms with Crippen LogP contribution in [0.4, 0.5) is 10.1 Å². The average molecular weight is 253 g/mol. The summed E-state index contributed by atoms with van der Waals surface area (Å²) in [5.41, 5.74) is 0.495. The fraction of sp³-hybridized carbons (Fsp3) is 0.500. The number of phenolic OH excluding ortho intramolecular Hbond substituents is 1. The van der Waals surface area contributed by atoms with Crippen molar-refractivity contribution in [2.24, 2.45) is 0 Å². The van der Waals surface area contributed by atoms with E-state index in [1.54, 1.807) is 6.07 Å². The molecule has 0 fully saturated rings. The van der Waals surface area contributed by atoms with E-state index in [4.69, 9.17) is 5.11 Å². The Morgan fingerprint density at radius 1 is 1.33 bits per heavy atom. The summed E-state index contributed by atoms with van der Waals surface area (Å²) in [6.07, 6.45) is 4.22. The highest BCUT2D eigenvalue weighted by atomic mass is 19.1. The van der Waals surface area contributed by atoms with Gasteiger partial charge in [-0.2, -0.15) is 0 Å². The van der Waals surface area contributed by atoms with Crippen LogP contribution < -0.4 is 4.90 Å². The number of unbranched alkanes of at least 4 members (excludes halogenated alkanes) is 3. The Labute approximate surface area is 107 Å². The van der Waals surface area contributed by atoms with Gasteiger partial charge in [0.1, 0.15) is 0 Å². The third-order valence-corrected chi connectivity index (χ3v) is 2.86. The van der Waals surface area contributed by atoms with Crippen LogP contribution >= 0.6 is 0 Å². The van der Waals surface area contributed by atoms with Crippen LogP contribution in [0.5, 0.6) is 5.75 Å². The lowest BCUT2D eigenvalue weighted by Crippen LogP contribution is -2.29. The fourth-order valence-electron chi connectivity index (χ4n) is 1.83. The molecule has 1 rings (SSSR count). The summed E-state index contributed by atoms with van der Waals surface area (Å²) in [5.74, 6) is -1.21. The number of nitrogens with zero attached hydrogens (tertiary/aromatic N) is 1. The van der Waals surface area contributed by atoms with Crippen molar-refractivity contribution in [2.75, 3.05) is 11.4 Å². The molecular weight excluding hydrogens is 233 g/mol. The molecule has 0 aliphatic heterocycles. The predicted octanol–water partition coefficient (Wildman–Crippen LogP) is 3.46. The molecule has 0 unspecified atom stereocenters. The molecule has 1 aromatic rings. The molecule has 0 saturated carbocycles. The van der Waals surface area contributed by atoms with Crippen LogP contribution in [0, 0.1) is 5.82 Å². The van der Waals surface area contributed by atoms with E-state index in [9.17, 15) is 9.18 Å². The number of carbonyl (C=O) groups excluding carboxylic acids is 1. The van der Waals surface area contributed by atoms with E-state index in [0.29, 0.717) is 12.2 Å². The van der Waals surface area contributed by atoms with Crippen molar-refractivity contribution < 1.29 is 14.3 Å². The van der Waals surface area contributed by atoms with Crippen molar-refractivity contribution in [3.8, 4) is 5.75 Å². The number of hydrogen-bond acceptors (Lipinski definition) is 2. The first-order valence-corrected chi connectivity index (χ1v) is 6.33. The van der Waals surface area contributed by atoms with Crippen LogP contribution in [0.3, 0.4) is 0 Å². The molecule has 0 aromatic heterocycles. The Bertz CT molecular complexity index is 407. The number of rotatable bonds is 6. The summed E-state index contributed by atoms with van der Waals surface area (Å²) in [5, 5.41) is 9.13. The van der Waals surface area contributed by atoms with Gasteiger partial charge in [0.15, 0.2) is 11.6 Å². The topological polar surface area (TPSA) is 40.5 Å². The minimum Gasteiger partial charge on any atom is -0.505 e. The Morgan fingerprint density at radius 3 is 2.61 bits per heavy atom. The summed E-state index contributed by atoms with van der Waals surface area (Å²) in [6.45, 7) is 4.17. The second-order valence-corrected chi connectivity index (χ2v) is 4.37. The van der Waals surface area contributed by atoms with Crippen LogP contribution in [0.2, 0.25) is 0 Å². The maximum Gasteiger partial charge on any atom is 0.223 e. The zero-order valence-corrected chi connectivity index (χ0v) is 10.9. The quantitative estimate of drug-likeness (QED) is 0.789. The molecule has 1 aromatic carbocycles. The van der Waals surface area contributed by atoms with Crippen molar-refractivity contribution in [2.45, 2.75) is 39.5 Å². The summed E-state index contributed by atoms with van der Waals surface area (Å²) in [6, 6.07) is 4.02. The lowest BCUT2D eigenvalue weighted by atomic mass is 10.2. The second-order valence-electron chi connectivity index (χ2n) is 4.37. The van der Waals surface area contributed by atoms with Gasteiger partial charge in [0.25, 0.3) is 0 Å². The number of halogens is 1. The van der Waals surface area contributed by atoms with Gasteiger partial charge >= 0.3 is 0 Å². The van der Waals surface area contributed by atoms with E-state index in [2.05, 4.69) is 6.92 Å². The molecule has 1 N–H and O–H groups in total. The number of anilines is 1. The average Bonchev–Trinajstić information content (AvgIpc) is 2.32. The summed E-state index contributed by atoms with van der Waals surface area (Å²) in [7, 11) is 0. The Morgan fingerprint density at radius 2 is 2.06 bits per heavy atom. The van der Waals surface area contributed by atoms with Crippen LogP contribution in [0.1, 0.15) is 39.5 Å². The molecule has 0 spiro atoms. The number of hydrogen-bond donors (Lipinski definition) is 1. The first-order valence-electron chi connectivity index (χ1n) is 6.33. The maximum absolute atomic E-state index is 13.3. The molecule has 1 amide bonds. The number of carbonyl (C=O) groups is 1. The summed E-state index contributed by atoms with van der Waals surface area (Å²) >= 11 is 0. The highest BCUT2D eigenvalue weighted by Crippen LogP contribution is 2.23. The SMILES string of the molecule is CCCCCCN(C(C)=O)c1ccc(O)c(F)c1. The molecule has 0 bridgehead atoms. The van der Waals surface area contributed by atoms with Gasteiger partial charge < -0.3 is 10.0 Å². The Balaban J connectivity index is 2.71. The first-order chi connectivity index (χ1) is 8.56. The number of phenols is 1. The number of benzene rings is 1. The van der Waals surface area contributed by atoms with E-state index in [-0.39, 0.29) is 5.91 Å². The standard InChI is InChI=1S/C14H20FNO2/c1-3-4-5-6-9-16(11(2)17)12-7-8-14(18)13(15)10-12/h7-8,10,18H,3-6,9H2,1-2H3. The van der Waals surface area contributed by atoms with Crippen LogP contribution in [0.15, 0.2) is 18.2 Å². The number of amides is 1. The molecule has 0 saturated heterocycles. The fourth-order valence-corrected chi connectivity index (χ4v) is 1.83. The summed E-state index contributed by atoms with van der Waals surface area (Å²) < 4.78 is 13.3. The number of aromatic hydroxyl groups is 1. The Hall–Kier alpha value is -1.58. The van der Waals surface area contributed by atoms with Crippen LogP contribution in [-0.2, 0) is 4.79 Å². The minimum atomic E-state index is -0.702. The zero-order valence-electron chi connectivity index (χ0n) is 10.9. The molecule has 0 heterocycles. The highest BCUT2D eigenvalue weighted by molar-refractivity contribution is 5.91. The normalized spacial score (nSPS) is 10.4. The first kappa shape index (κ1) is 14.5. The highest BCUT2D eigenvalue weighted by Gasteiger charge is 2.12. The molecule has 4 heteroatoms. The van der Waals surface area contributed by atoms with Crippen molar-refractivity contribution in [1.82, 2.24) is 0 Å². The van der Waals surface area contributed by atoms with Gasteiger partial charge in [0, 0.05) is 25.2 Å². The second kappa shape index (κ2) is 6.99. The summed E-state index contributed by atoms with van der Waals surface area (Å²) in [4.78, 5) is 13.1. The van der Waals surface area contributed by atoms with Gasteiger partial charge in [-0.05, 0) is 18.6 Å². The molecule has 0 radical (unpaired) electrons. The lowest BCUT2D eigenvalue weighted by molar-refractivity contribution is -0.116. The van der Waals surface area contributed by atoms with Gasteiger partial charge in [-0.15, -0.1) is 0 Å². The third-order valence-electron chi connectivity index (χ3n) is 2.86.